The molecular formula is C3H2Cl3MgNS. The molecule has 1 aromatic rings. The Balaban J connectivity index is -0.000000120. The van der Waals surface area contributed by atoms with Gasteiger partial charge in [0.25, 0.3) is 0 Å². The summed E-state index contributed by atoms with van der Waals surface area (Å²) in [6.07, 6.45) is 1.67. The molecule has 0 aliphatic rings. The molecule has 0 amide bonds. The van der Waals surface area contributed by atoms with Gasteiger partial charge in [-0.05, 0) is 0 Å². The minimum Gasteiger partial charge on any atom is -1.00 e. The molecule has 0 N–H and O–H groups in total. The average molecular weight is 215 g/mol. The van der Waals surface area contributed by atoms with Crippen molar-refractivity contribution in [3.8, 4) is 0 Å². The van der Waals surface area contributed by atoms with E-state index in [0.29, 0.717) is 4.47 Å². The van der Waals surface area contributed by atoms with E-state index >= 15 is 0 Å². The first-order valence-electron chi connectivity index (χ1n) is 1.44. The van der Waals surface area contributed by atoms with Gasteiger partial charge < -0.3 is 24.8 Å². The van der Waals surface area contributed by atoms with Crippen molar-refractivity contribution in [3.63, 3.8) is 0 Å². The summed E-state index contributed by atoms with van der Waals surface area (Å²) in [5, 5.41) is 1.84. The molecule has 0 saturated carbocycles. The number of hydrogen-bond acceptors (Lipinski definition) is 2. The quantitative estimate of drug-likeness (QED) is 0.397. The van der Waals surface area contributed by atoms with Crippen molar-refractivity contribution >= 4 is 46.0 Å². The van der Waals surface area contributed by atoms with Gasteiger partial charge in [-0.25, -0.2) is 4.98 Å². The van der Waals surface area contributed by atoms with E-state index in [1.807, 2.05) is 5.38 Å². The van der Waals surface area contributed by atoms with Crippen molar-refractivity contribution in [2.24, 2.45) is 0 Å². The van der Waals surface area contributed by atoms with E-state index in [9.17, 15) is 0 Å². The molecule has 0 fully saturated rings. The van der Waals surface area contributed by atoms with Gasteiger partial charge in [0.05, 0.1) is 0 Å². The van der Waals surface area contributed by atoms with Crippen LogP contribution in [0.3, 0.4) is 0 Å². The molecule has 1 aromatic heterocycles. The largest absolute Gasteiger partial charge is 2.00 e. The normalized spacial score (nSPS) is 5.89. The maximum Gasteiger partial charge on any atom is 2.00 e. The zero-order valence-electron chi connectivity index (χ0n) is 4.35. The summed E-state index contributed by atoms with van der Waals surface area (Å²) in [6, 6.07) is 0. The van der Waals surface area contributed by atoms with Crippen LogP contribution in [-0.4, -0.2) is 28.0 Å². The van der Waals surface area contributed by atoms with Gasteiger partial charge in [0.15, 0.2) is 4.47 Å². The molecule has 6 heteroatoms. The Bertz CT molecular complexity index is 123. The Labute approximate surface area is 91.2 Å². The summed E-state index contributed by atoms with van der Waals surface area (Å²) in [5.41, 5.74) is 0. The van der Waals surface area contributed by atoms with Crippen LogP contribution >= 0.6 is 22.9 Å². The zero-order valence-corrected chi connectivity index (χ0v) is 8.85. The van der Waals surface area contributed by atoms with Crippen LogP contribution in [0, 0.1) is 0 Å². The number of nitrogens with zero attached hydrogens (tertiary/aromatic N) is 1. The van der Waals surface area contributed by atoms with Crippen LogP contribution < -0.4 is 24.8 Å². The van der Waals surface area contributed by atoms with Gasteiger partial charge in [-0.1, -0.05) is 11.6 Å². The number of aromatic nitrogens is 1. The molecule has 0 aliphatic carbocycles. The number of thiazole rings is 1. The molecule has 0 aromatic carbocycles. The van der Waals surface area contributed by atoms with Crippen LogP contribution in [0.4, 0.5) is 0 Å². The first-order chi connectivity index (χ1) is 2.89. The predicted molar refractivity (Wildman–Crippen MR) is 32.9 cm³/mol. The Morgan fingerprint density at radius 3 is 2.11 bits per heavy atom. The van der Waals surface area contributed by atoms with Gasteiger partial charge in [-0.3, -0.25) is 0 Å². The van der Waals surface area contributed by atoms with E-state index in [0.717, 1.165) is 0 Å². The number of hydrogen-bond donors (Lipinski definition) is 0. The molecule has 1 heterocycles. The monoisotopic (exact) mass is 213 g/mol. The van der Waals surface area contributed by atoms with Gasteiger partial charge in [-0.2, -0.15) is 0 Å². The third kappa shape index (κ3) is 7.16. The predicted octanol–water partition coefficient (Wildman–Crippen LogP) is -4.58. The Morgan fingerprint density at radius 1 is 1.44 bits per heavy atom. The molecule has 0 unspecified atom stereocenters. The molecule has 9 heavy (non-hydrogen) atoms. The molecule has 0 bridgehead atoms. The van der Waals surface area contributed by atoms with Crippen LogP contribution in [0.5, 0.6) is 0 Å². The molecule has 1 rings (SSSR count). The van der Waals surface area contributed by atoms with Crippen LogP contribution in [0.1, 0.15) is 0 Å². The summed E-state index contributed by atoms with van der Waals surface area (Å²) in [4.78, 5) is 3.70. The minimum absolute atomic E-state index is 0. The third-order valence-corrected chi connectivity index (χ3v) is 1.32. The first kappa shape index (κ1) is 16.7. The van der Waals surface area contributed by atoms with Crippen molar-refractivity contribution in [1.29, 1.82) is 0 Å². The van der Waals surface area contributed by atoms with E-state index in [1.54, 1.807) is 6.20 Å². The van der Waals surface area contributed by atoms with Crippen molar-refractivity contribution in [1.82, 2.24) is 4.98 Å². The second-order valence-corrected chi connectivity index (χ2v) is 2.26. The topological polar surface area (TPSA) is 12.9 Å². The molecular weight excluding hydrogens is 213 g/mol. The maximum atomic E-state index is 5.36. The van der Waals surface area contributed by atoms with E-state index in [1.165, 1.54) is 11.3 Å². The fourth-order valence-corrected chi connectivity index (χ4v) is 0.772. The van der Waals surface area contributed by atoms with Gasteiger partial charge >= 0.3 is 23.1 Å². The van der Waals surface area contributed by atoms with Crippen LogP contribution in [0.25, 0.3) is 0 Å². The van der Waals surface area contributed by atoms with Crippen LogP contribution in [0.2, 0.25) is 4.47 Å². The molecule has 0 radical (unpaired) electrons. The Hall–Kier alpha value is 1.27. The number of rotatable bonds is 0. The molecule has 0 saturated heterocycles. The van der Waals surface area contributed by atoms with Gasteiger partial charge in [0.1, 0.15) is 0 Å². The van der Waals surface area contributed by atoms with E-state index in [2.05, 4.69) is 4.98 Å². The molecule has 0 aliphatic heterocycles. The van der Waals surface area contributed by atoms with Crippen LogP contribution in [0.15, 0.2) is 11.6 Å². The Morgan fingerprint density at radius 2 is 2.00 bits per heavy atom. The number of halogens is 3. The minimum atomic E-state index is 0. The summed E-state index contributed by atoms with van der Waals surface area (Å²) < 4.78 is 0.606. The fourth-order valence-electron chi connectivity index (χ4n) is 0.206. The summed E-state index contributed by atoms with van der Waals surface area (Å²) in [6.45, 7) is 0. The average Bonchev–Trinajstić information content (AvgIpc) is 1.86. The van der Waals surface area contributed by atoms with Gasteiger partial charge in [-0.15, -0.1) is 11.3 Å². The van der Waals surface area contributed by atoms with Gasteiger partial charge in [0, 0.05) is 11.6 Å². The summed E-state index contributed by atoms with van der Waals surface area (Å²) in [5.74, 6) is 0. The van der Waals surface area contributed by atoms with Crippen LogP contribution in [-0.2, 0) is 0 Å². The first-order valence-corrected chi connectivity index (χ1v) is 2.70. The molecule has 0 spiro atoms. The fraction of sp³-hybridized carbons (Fsp3) is 0. The maximum absolute atomic E-state index is 5.36. The molecule has 1 nitrogen and oxygen atoms in total. The molecule has 48 valence electrons. The smallest absolute Gasteiger partial charge is 1.00 e. The standard InChI is InChI=1S/C3H2ClNS.2ClH.Mg/c4-3-5-1-2-6-3;;;/h1-2H;2*1H;/q;;;+2/p-2. The summed E-state index contributed by atoms with van der Waals surface area (Å²) >= 11 is 6.79. The zero-order chi connectivity index (χ0) is 4.41. The summed E-state index contributed by atoms with van der Waals surface area (Å²) in [7, 11) is 0. The van der Waals surface area contributed by atoms with Crippen molar-refractivity contribution < 1.29 is 24.8 Å². The van der Waals surface area contributed by atoms with Gasteiger partial charge in [0.2, 0.25) is 0 Å². The van der Waals surface area contributed by atoms with Crippen molar-refractivity contribution in [2.45, 2.75) is 0 Å². The molecule has 0 atom stereocenters. The van der Waals surface area contributed by atoms with Crippen molar-refractivity contribution in [3.05, 3.63) is 16.0 Å². The van der Waals surface area contributed by atoms with E-state index in [-0.39, 0.29) is 47.9 Å². The van der Waals surface area contributed by atoms with Crippen molar-refractivity contribution in [2.75, 3.05) is 0 Å². The van der Waals surface area contributed by atoms with E-state index in [4.69, 9.17) is 11.6 Å². The SMILES string of the molecule is Clc1nccs1.[Cl-].[Cl-].[Mg+2]. The second-order valence-electron chi connectivity index (χ2n) is 0.785. The third-order valence-electron chi connectivity index (χ3n) is 0.402. The second kappa shape index (κ2) is 9.27. The van der Waals surface area contributed by atoms with E-state index < -0.39 is 0 Å². The Kier molecular flexibility index (Phi) is 17.2.